The molecule has 0 aromatic heterocycles. The molecule has 0 spiro atoms. The Hall–Kier alpha value is 0.230. The Balaban J connectivity index is 2.12. The van der Waals surface area contributed by atoms with Crippen LogP contribution in [-0.2, 0) is 4.74 Å². The highest BCUT2D eigenvalue weighted by Crippen LogP contribution is 2.05. The predicted octanol–water partition coefficient (Wildman–Crippen LogP) is 1.25. The highest BCUT2D eigenvalue weighted by atomic mass is 32.1. The van der Waals surface area contributed by atoms with Crippen molar-refractivity contribution in [1.82, 2.24) is 10.2 Å². The standard InChI is InChI=1S/C12H26N2OS/c1-11(2)8-13-9-12-10-14(4-3-7-16)5-6-15-12/h11-13,16H,3-10H2,1-2H3/t12-/m1/s1. The molecule has 1 saturated heterocycles. The summed E-state index contributed by atoms with van der Waals surface area (Å²) in [4.78, 5) is 2.49. The van der Waals surface area contributed by atoms with Crippen molar-refractivity contribution in [3.63, 3.8) is 0 Å². The van der Waals surface area contributed by atoms with Crippen LogP contribution < -0.4 is 5.32 Å². The summed E-state index contributed by atoms with van der Waals surface area (Å²) >= 11 is 4.25. The maximum atomic E-state index is 5.75. The normalized spacial score (nSPS) is 22.9. The zero-order chi connectivity index (χ0) is 11.8. The van der Waals surface area contributed by atoms with E-state index in [1.165, 1.54) is 6.42 Å². The van der Waals surface area contributed by atoms with Crippen molar-refractivity contribution in [1.29, 1.82) is 0 Å². The highest BCUT2D eigenvalue weighted by molar-refractivity contribution is 7.80. The van der Waals surface area contributed by atoms with Crippen molar-refractivity contribution < 1.29 is 4.74 Å². The minimum absolute atomic E-state index is 0.368. The lowest BCUT2D eigenvalue weighted by Crippen LogP contribution is -2.47. The van der Waals surface area contributed by atoms with Gasteiger partial charge in [0.05, 0.1) is 12.7 Å². The van der Waals surface area contributed by atoms with Crippen LogP contribution in [0.4, 0.5) is 0 Å². The molecule has 4 heteroatoms. The molecule has 0 aromatic carbocycles. The number of hydrogen-bond acceptors (Lipinski definition) is 4. The number of nitrogens with zero attached hydrogens (tertiary/aromatic N) is 1. The first kappa shape index (κ1) is 14.3. The largest absolute Gasteiger partial charge is 0.374 e. The van der Waals surface area contributed by atoms with Gasteiger partial charge in [0, 0.05) is 19.6 Å². The van der Waals surface area contributed by atoms with Gasteiger partial charge in [0.25, 0.3) is 0 Å². The van der Waals surface area contributed by atoms with Crippen LogP contribution in [0.3, 0.4) is 0 Å². The fourth-order valence-electron chi connectivity index (χ4n) is 1.93. The molecule has 1 fully saturated rings. The molecule has 1 aliphatic rings. The zero-order valence-electron chi connectivity index (χ0n) is 10.6. The van der Waals surface area contributed by atoms with Gasteiger partial charge in [-0.05, 0) is 31.2 Å². The fourth-order valence-corrected chi connectivity index (χ4v) is 2.08. The van der Waals surface area contributed by atoms with Crippen LogP contribution in [0.15, 0.2) is 0 Å². The molecular formula is C12H26N2OS. The number of nitrogens with one attached hydrogen (secondary N) is 1. The molecule has 0 aromatic rings. The molecule has 1 rings (SSSR count). The first-order valence-electron chi connectivity index (χ1n) is 6.38. The second kappa shape index (κ2) is 8.34. The van der Waals surface area contributed by atoms with Gasteiger partial charge in [-0.2, -0.15) is 12.6 Å². The predicted molar refractivity (Wildman–Crippen MR) is 72.4 cm³/mol. The van der Waals surface area contributed by atoms with Crippen LogP contribution in [0, 0.1) is 5.92 Å². The topological polar surface area (TPSA) is 24.5 Å². The molecule has 0 bridgehead atoms. The van der Waals surface area contributed by atoms with Crippen LogP contribution in [0.1, 0.15) is 20.3 Å². The third-order valence-electron chi connectivity index (χ3n) is 2.78. The van der Waals surface area contributed by atoms with Gasteiger partial charge in [-0.25, -0.2) is 0 Å². The molecule has 1 N–H and O–H groups in total. The summed E-state index contributed by atoms with van der Waals surface area (Å²) in [6.07, 6.45) is 1.54. The number of thiol groups is 1. The molecule has 16 heavy (non-hydrogen) atoms. The lowest BCUT2D eigenvalue weighted by atomic mass is 10.2. The second-order valence-electron chi connectivity index (χ2n) is 4.92. The monoisotopic (exact) mass is 246 g/mol. The number of rotatable bonds is 7. The average Bonchev–Trinajstić information content (AvgIpc) is 2.26. The Kier molecular flexibility index (Phi) is 7.45. The Bertz CT molecular complexity index is 178. The van der Waals surface area contributed by atoms with Crippen molar-refractivity contribution >= 4 is 12.6 Å². The van der Waals surface area contributed by atoms with Gasteiger partial charge in [0.2, 0.25) is 0 Å². The highest BCUT2D eigenvalue weighted by Gasteiger charge is 2.19. The fraction of sp³-hybridized carbons (Fsp3) is 1.00. The molecule has 0 amide bonds. The lowest BCUT2D eigenvalue weighted by molar-refractivity contribution is -0.0269. The average molecular weight is 246 g/mol. The summed E-state index contributed by atoms with van der Waals surface area (Å²) in [7, 11) is 0. The lowest BCUT2D eigenvalue weighted by Gasteiger charge is -2.33. The summed E-state index contributed by atoms with van der Waals surface area (Å²) < 4.78 is 5.75. The molecule has 0 aliphatic carbocycles. The van der Waals surface area contributed by atoms with Crippen LogP contribution in [0.25, 0.3) is 0 Å². The number of ether oxygens (including phenoxy) is 1. The van der Waals surface area contributed by atoms with Crippen molar-refractivity contribution in [3.05, 3.63) is 0 Å². The molecular weight excluding hydrogens is 220 g/mol. The Morgan fingerprint density at radius 3 is 3.00 bits per heavy atom. The van der Waals surface area contributed by atoms with E-state index in [2.05, 4.69) is 36.7 Å². The summed E-state index contributed by atoms with van der Waals surface area (Å²) in [5.41, 5.74) is 0. The minimum atomic E-state index is 0.368. The van der Waals surface area contributed by atoms with Crippen LogP contribution in [0.2, 0.25) is 0 Å². The van der Waals surface area contributed by atoms with Gasteiger partial charge in [-0.3, -0.25) is 4.90 Å². The Morgan fingerprint density at radius 1 is 1.50 bits per heavy atom. The SMILES string of the molecule is CC(C)CNC[C@@H]1CN(CCCS)CCO1. The maximum Gasteiger partial charge on any atom is 0.0826 e. The summed E-state index contributed by atoms with van der Waals surface area (Å²) in [6.45, 7) is 10.7. The Labute approximate surface area is 105 Å². The van der Waals surface area contributed by atoms with E-state index in [-0.39, 0.29) is 0 Å². The van der Waals surface area contributed by atoms with Crippen LogP contribution >= 0.6 is 12.6 Å². The second-order valence-corrected chi connectivity index (χ2v) is 5.37. The summed E-state index contributed by atoms with van der Waals surface area (Å²) in [5.74, 6) is 1.69. The Morgan fingerprint density at radius 2 is 2.31 bits per heavy atom. The van der Waals surface area contributed by atoms with Gasteiger partial charge in [-0.1, -0.05) is 13.8 Å². The van der Waals surface area contributed by atoms with E-state index in [1.807, 2.05) is 0 Å². The molecule has 3 nitrogen and oxygen atoms in total. The van der Waals surface area contributed by atoms with E-state index in [9.17, 15) is 0 Å². The zero-order valence-corrected chi connectivity index (χ0v) is 11.5. The van der Waals surface area contributed by atoms with Gasteiger partial charge < -0.3 is 10.1 Å². The third-order valence-corrected chi connectivity index (χ3v) is 3.10. The van der Waals surface area contributed by atoms with Crippen molar-refractivity contribution in [2.24, 2.45) is 5.92 Å². The molecule has 1 atom stereocenters. The third kappa shape index (κ3) is 6.09. The smallest absolute Gasteiger partial charge is 0.0826 e. The maximum absolute atomic E-state index is 5.75. The van der Waals surface area contributed by atoms with Gasteiger partial charge in [-0.15, -0.1) is 0 Å². The van der Waals surface area contributed by atoms with Gasteiger partial charge >= 0.3 is 0 Å². The van der Waals surface area contributed by atoms with E-state index >= 15 is 0 Å². The van der Waals surface area contributed by atoms with Crippen LogP contribution in [0.5, 0.6) is 0 Å². The molecule has 0 saturated carbocycles. The van der Waals surface area contributed by atoms with E-state index < -0.39 is 0 Å². The van der Waals surface area contributed by atoms with E-state index in [4.69, 9.17) is 4.74 Å². The first-order chi connectivity index (χ1) is 7.72. The van der Waals surface area contributed by atoms with Gasteiger partial charge in [0.1, 0.15) is 0 Å². The van der Waals surface area contributed by atoms with E-state index in [0.29, 0.717) is 12.0 Å². The summed E-state index contributed by atoms with van der Waals surface area (Å²) in [5, 5.41) is 3.46. The molecule has 0 radical (unpaired) electrons. The van der Waals surface area contributed by atoms with E-state index in [1.54, 1.807) is 0 Å². The molecule has 96 valence electrons. The van der Waals surface area contributed by atoms with Gasteiger partial charge in [0.15, 0.2) is 0 Å². The number of morpholine rings is 1. The molecule has 0 unspecified atom stereocenters. The molecule has 1 heterocycles. The van der Waals surface area contributed by atoms with Crippen molar-refractivity contribution in [2.45, 2.75) is 26.4 Å². The van der Waals surface area contributed by atoms with Crippen molar-refractivity contribution in [2.75, 3.05) is 45.1 Å². The molecule has 1 aliphatic heterocycles. The first-order valence-corrected chi connectivity index (χ1v) is 7.01. The quantitative estimate of drug-likeness (QED) is 0.661. The number of hydrogen-bond donors (Lipinski definition) is 2. The van der Waals surface area contributed by atoms with E-state index in [0.717, 1.165) is 45.1 Å². The van der Waals surface area contributed by atoms with Crippen LogP contribution in [-0.4, -0.2) is 56.1 Å². The summed E-state index contributed by atoms with van der Waals surface area (Å²) in [6, 6.07) is 0. The van der Waals surface area contributed by atoms with Crippen molar-refractivity contribution in [3.8, 4) is 0 Å². The minimum Gasteiger partial charge on any atom is -0.374 e.